The molecule has 0 aliphatic carbocycles. The van der Waals surface area contributed by atoms with E-state index in [9.17, 15) is 9.59 Å². The lowest BCUT2D eigenvalue weighted by Crippen LogP contribution is -2.52. The van der Waals surface area contributed by atoms with E-state index in [-0.39, 0.29) is 11.8 Å². The van der Waals surface area contributed by atoms with E-state index in [0.717, 1.165) is 16.7 Å². The molecule has 0 unspecified atom stereocenters. The molecule has 8 nitrogen and oxygen atoms in total. The summed E-state index contributed by atoms with van der Waals surface area (Å²) in [6.07, 6.45) is 1.87. The number of ether oxygens (including phenoxy) is 1. The molecule has 0 saturated carbocycles. The van der Waals surface area contributed by atoms with Crippen LogP contribution in [0.5, 0.6) is 0 Å². The molecule has 0 spiro atoms. The highest BCUT2D eigenvalue weighted by molar-refractivity contribution is 6.00. The van der Waals surface area contributed by atoms with E-state index in [2.05, 4.69) is 17.0 Å². The van der Waals surface area contributed by atoms with Crippen molar-refractivity contribution < 1.29 is 14.3 Å². The summed E-state index contributed by atoms with van der Waals surface area (Å²) in [5.41, 5.74) is 4.56. The van der Waals surface area contributed by atoms with Crippen LogP contribution in [-0.4, -0.2) is 95.3 Å². The molecule has 2 aliphatic heterocycles. The summed E-state index contributed by atoms with van der Waals surface area (Å²) >= 11 is 0. The fourth-order valence-corrected chi connectivity index (χ4v) is 4.74. The van der Waals surface area contributed by atoms with Crippen LogP contribution in [0.2, 0.25) is 0 Å². The Balaban J connectivity index is 1.29. The Bertz CT molecular complexity index is 1180. The molecule has 2 aromatic carbocycles. The summed E-state index contributed by atoms with van der Waals surface area (Å²) in [5, 5.41) is 4.83. The Labute approximate surface area is 212 Å². The summed E-state index contributed by atoms with van der Waals surface area (Å²) in [5.74, 6) is 0.131. The van der Waals surface area contributed by atoms with E-state index in [1.54, 1.807) is 0 Å². The van der Waals surface area contributed by atoms with Crippen molar-refractivity contribution in [2.75, 3.05) is 59.0 Å². The molecule has 188 valence electrons. The lowest BCUT2D eigenvalue weighted by molar-refractivity contribution is -0.136. The number of hydrogen-bond donors (Lipinski definition) is 0. The van der Waals surface area contributed by atoms with Gasteiger partial charge in [0.15, 0.2) is 0 Å². The monoisotopic (exact) mass is 487 g/mol. The minimum Gasteiger partial charge on any atom is -0.378 e. The Morgan fingerprint density at radius 2 is 1.56 bits per heavy atom. The van der Waals surface area contributed by atoms with Gasteiger partial charge in [-0.25, -0.2) is 0 Å². The van der Waals surface area contributed by atoms with Gasteiger partial charge in [-0.05, 0) is 12.5 Å². The van der Waals surface area contributed by atoms with Crippen molar-refractivity contribution >= 4 is 11.8 Å². The van der Waals surface area contributed by atoms with E-state index < -0.39 is 0 Å². The third-order valence-electron chi connectivity index (χ3n) is 6.89. The van der Waals surface area contributed by atoms with Crippen molar-refractivity contribution in [3.05, 3.63) is 77.5 Å². The zero-order valence-electron chi connectivity index (χ0n) is 20.8. The van der Waals surface area contributed by atoms with Crippen LogP contribution in [0.3, 0.4) is 0 Å². The van der Waals surface area contributed by atoms with Crippen molar-refractivity contribution in [2.45, 2.75) is 13.5 Å². The first-order valence-electron chi connectivity index (χ1n) is 12.6. The van der Waals surface area contributed by atoms with E-state index in [1.165, 1.54) is 0 Å². The molecule has 2 saturated heterocycles. The maximum Gasteiger partial charge on any atom is 0.257 e. The SMILES string of the molecule is Cc1ccc(-c2nn(Cc3ccccc3)cc2C(=O)N2CCN(CC(=O)N3CCOCC3)CC2)cc1. The van der Waals surface area contributed by atoms with Crippen molar-refractivity contribution in [1.82, 2.24) is 24.5 Å². The standard InChI is InChI=1S/C28H33N5O3/c1-22-7-9-24(10-8-22)27-25(20-33(29-27)19-23-5-3-2-4-6-23)28(35)32-13-11-30(12-14-32)21-26(34)31-15-17-36-18-16-31/h2-10,20H,11-19,21H2,1H3. The molecule has 3 aromatic rings. The van der Waals surface area contributed by atoms with Crippen LogP contribution < -0.4 is 0 Å². The molecule has 0 N–H and O–H groups in total. The van der Waals surface area contributed by atoms with Gasteiger partial charge in [0.1, 0.15) is 5.69 Å². The van der Waals surface area contributed by atoms with Crippen molar-refractivity contribution in [2.24, 2.45) is 0 Å². The fraction of sp³-hybridized carbons (Fsp3) is 0.393. The Morgan fingerprint density at radius 1 is 0.861 bits per heavy atom. The van der Waals surface area contributed by atoms with Gasteiger partial charge in [0.25, 0.3) is 5.91 Å². The zero-order valence-corrected chi connectivity index (χ0v) is 20.8. The second kappa shape index (κ2) is 11.1. The molecular weight excluding hydrogens is 454 g/mol. The number of morpholine rings is 1. The third-order valence-corrected chi connectivity index (χ3v) is 6.89. The summed E-state index contributed by atoms with van der Waals surface area (Å²) in [6, 6.07) is 18.3. The quantitative estimate of drug-likeness (QED) is 0.535. The van der Waals surface area contributed by atoms with Gasteiger partial charge in [0.05, 0.1) is 31.9 Å². The zero-order chi connectivity index (χ0) is 24.9. The number of aromatic nitrogens is 2. The summed E-state index contributed by atoms with van der Waals surface area (Å²) in [6.45, 7) is 8.12. The van der Waals surface area contributed by atoms with Crippen LogP contribution in [0.4, 0.5) is 0 Å². The van der Waals surface area contributed by atoms with Crippen molar-refractivity contribution in [1.29, 1.82) is 0 Å². The van der Waals surface area contributed by atoms with Crippen molar-refractivity contribution in [3.8, 4) is 11.3 Å². The Hall–Kier alpha value is -3.49. The van der Waals surface area contributed by atoms with Gasteiger partial charge in [-0.1, -0.05) is 60.2 Å². The first-order valence-corrected chi connectivity index (χ1v) is 12.6. The second-order valence-corrected chi connectivity index (χ2v) is 9.50. The van der Waals surface area contributed by atoms with Crippen molar-refractivity contribution in [3.63, 3.8) is 0 Å². The highest BCUT2D eigenvalue weighted by Gasteiger charge is 2.28. The van der Waals surface area contributed by atoms with Gasteiger partial charge >= 0.3 is 0 Å². The predicted octanol–water partition coefficient (Wildman–Crippen LogP) is 2.52. The maximum atomic E-state index is 13.7. The van der Waals surface area contributed by atoms with Crippen LogP contribution in [-0.2, 0) is 16.1 Å². The topological polar surface area (TPSA) is 70.9 Å². The molecule has 5 rings (SSSR count). The predicted molar refractivity (Wildman–Crippen MR) is 138 cm³/mol. The molecule has 36 heavy (non-hydrogen) atoms. The first-order chi connectivity index (χ1) is 17.6. The number of nitrogens with zero attached hydrogens (tertiary/aromatic N) is 5. The first kappa shape index (κ1) is 24.2. The summed E-state index contributed by atoms with van der Waals surface area (Å²) < 4.78 is 7.20. The largest absolute Gasteiger partial charge is 0.378 e. The molecule has 2 amide bonds. The molecule has 0 radical (unpaired) electrons. The number of aryl methyl sites for hydroxylation is 1. The molecule has 0 atom stereocenters. The lowest BCUT2D eigenvalue weighted by Gasteiger charge is -2.36. The van der Waals surface area contributed by atoms with Crippen LogP contribution in [0, 0.1) is 6.92 Å². The Morgan fingerprint density at radius 3 is 2.25 bits per heavy atom. The smallest absolute Gasteiger partial charge is 0.257 e. The molecule has 2 fully saturated rings. The van der Waals surface area contributed by atoms with Gasteiger partial charge in [-0.3, -0.25) is 19.2 Å². The second-order valence-electron chi connectivity index (χ2n) is 9.50. The molecule has 0 bridgehead atoms. The van der Waals surface area contributed by atoms with Crippen LogP contribution in [0.25, 0.3) is 11.3 Å². The highest BCUT2D eigenvalue weighted by Crippen LogP contribution is 2.25. The third kappa shape index (κ3) is 5.66. The molecule has 1 aromatic heterocycles. The minimum absolute atomic E-state index is 0.0101. The molecule has 2 aliphatic rings. The lowest BCUT2D eigenvalue weighted by atomic mass is 10.1. The van der Waals surface area contributed by atoms with Gasteiger partial charge in [0, 0.05) is 51.0 Å². The number of carbonyl (C=O) groups excluding carboxylic acids is 2. The normalized spacial score (nSPS) is 16.8. The average molecular weight is 488 g/mol. The van der Waals surface area contributed by atoms with E-state index in [4.69, 9.17) is 9.84 Å². The van der Waals surface area contributed by atoms with Gasteiger partial charge in [0.2, 0.25) is 5.91 Å². The highest BCUT2D eigenvalue weighted by atomic mass is 16.5. The van der Waals surface area contributed by atoms with Gasteiger partial charge in [-0.15, -0.1) is 0 Å². The number of rotatable bonds is 6. The van der Waals surface area contributed by atoms with Crippen LogP contribution in [0.15, 0.2) is 60.8 Å². The Kier molecular flexibility index (Phi) is 7.44. The summed E-state index contributed by atoms with van der Waals surface area (Å²) in [7, 11) is 0. The van der Waals surface area contributed by atoms with Crippen LogP contribution >= 0.6 is 0 Å². The summed E-state index contributed by atoms with van der Waals surface area (Å²) in [4.78, 5) is 32.2. The number of piperazine rings is 1. The van der Waals surface area contributed by atoms with E-state index in [1.807, 2.05) is 70.1 Å². The van der Waals surface area contributed by atoms with E-state index in [0.29, 0.717) is 76.8 Å². The van der Waals surface area contributed by atoms with E-state index >= 15 is 0 Å². The van der Waals surface area contributed by atoms with Gasteiger partial charge in [-0.2, -0.15) is 5.10 Å². The molecule has 3 heterocycles. The number of hydrogen-bond acceptors (Lipinski definition) is 5. The average Bonchev–Trinajstić information content (AvgIpc) is 3.34. The fourth-order valence-electron chi connectivity index (χ4n) is 4.74. The van der Waals surface area contributed by atoms with Gasteiger partial charge < -0.3 is 14.5 Å². The molecular formula is C28H33N5O3. The maximum absolute atomic E-state index is 13.7. The minimum atomic E-state index is -0.0101. The number of benzene rings is 2. The van der Waals surface area contributed by atoms with Crippen LogP contribution in [0.1, 0.15) is 21.5 Å². The molecule has 8 heteroatoms. The number of amides is 2. The number of carbonyl (C=O) groups is 2.